The molecule has 2 fully saturated rings. The zero-order valence-electron chi connectivity index (χ0n) is 16.5. The van der Waals surface area contributed by atoms with E-state index in [0.717, 1.165) is 42.3 Å². The van der Waals surface area contributed by atoms with E-state index in [1.165, 1.54) is 17.8 Å². The predicted octanol–water partition coefficient (Wildman–Crippen LogP) is 4.56. The number of benzene rings is 1. The van der Waals surface area contributed by atoms with Crippen LogP contribution in [0.15, 0.2) is 36.0 Å². The van der Waals surface area contributed by atoms with Gasteiger partial charge in [-0.2, -0.15) is 8.75 Å². The second kappa shape index (κ2) is 10.1. The molecule has 0 amide bonds. The van der Waals surface area contributed by atoms with Crippen molar-refractivity contribution in [2.24, 2.45) is 5.92 Å². The van der Waals surface area contributed by atoms with Gasteiger partial charge in [-0.15, -0.1) is 12.4 Å². The van der Waals surface area contributed by atoms with E-state index in [0.29, 0.717) is 18.7 Å². The number of halogens is 2. The molecule has 1 aliphatic heterocycles. The summed E-state index contributed by atoms with van der Waals surface area (Å²) in [5.74, 6) is -0.220. The van der Waals surface area contributed by atoms with Gasteiger partial charge in [0.05, 0.1) is 29.7 Å². The summed E-state index contributed by atoms with van der Waals surface area (Å²) < 4.78 is 22.9. The average Bonchev–Trinajstić information content (AvgIpc) is 3.42. The van der Waals surface area contributed by atoms with E-state index in [1.54, 1.807) is 31.3 Å². The summed E-state index contributed by atoms with van der Waals surface area (Å²) in [7, 11) is 0. The van der Waals surface area contributed by atoms with E-state index in [9.17, 15) is 14.0 Å². The highest BCUT2D eigenvalue weighted by Crippen LogP contribution is 2.40. The van der Waals surface area contributed by atoms with Crippen LogP contribution in [-0.2, 0) is 9.59 Å². The van der Waals surface area contributed by atoms with Gasteiger partial charge in [-0.25, -0.2) is 4.39 Å². The van der Waals surface area contributed by atoms with Crippen molar-refractivity contribution < 1.29 is 14.0 Å². The highest BCUT2D eigenvalue weighted by atomic mass is 35.5. The van der Waals surface area contributed by atoms with Crippen molar-refractivity contribution in [2.45, 2.75) is 37.5 Å². The Bertz CT molecular complexity index is 934. The first kappa shape index (κ1) is 23.1. The van der Waals surface area contributed by atoms with Gasteiger partial charge in [-0.3, -0.25) is 14.5 Å². The van der Waals surface area contributed by atoms with E-state index in [2.05, 4.69) is 13.6 Å². The van der Waals surface area contributed by atoms with Gasteiger partial charge in [0, 0.05) is 36.7 Å². The van der Waals surface area contributed by atoms with Crippen LogP contribution in [0.5, 0.6) is 0 Å². The fourth-order valence-electron chi connectivity index (χ4n) is 3.82. The number of Topliss-reactive ketones (excluding diaryl/α,β-unsaturated/α-hetero) is 1. The van der Waals surface area contributed by atoms with Gasteiger partial charge < -0.3 is 0 Å². The largest absolute Gasteiger partial charge is 0.297 e. The standard InChI is InChI=1S/C21H22FN3O2S2.ClH/c1-13(26)28-19-8-9-25(12-15(19)10-16-11-23-29-24-16)20(21(27)14-6-7-14)17-4-2-3-5-18(17)22;/h2-5,10-11,14,19-20H,6-9,12H2,1H3;1H/b15-10-;. The maximum Gasteiger partial charge on any atom is 0.186 e. The molecule has 1 aromatic heterocycles. The second-order valence-electron chi connectivity index (χ2n) is 7.51. The van der Waals surface area contributed by atoms with Gasteiger partial charge in [0.2, 0.25) is 0 Å². The highest BCUT2D eigenvalue weighted by molar-refractivity contribution is 8.14. The second-order valence-corrected chi connectivity index (χ2v) is 9.45. The summed E-state index contributed by atoms with van der Waals surface area (Å²) >= 11 is 2.44. The zero-order valence-corrected chi connectivity index (χ0v) is 18.9. The summed E-state index contributed by atoms with van der Waals surface area (Å²) in [4.78, 5) is 26.9. The minimum atomic E-state index is -0.594. The van der Waals surface area contributed by atoms with Crippen LogP contribution in [0, 0.1) is 11.7 Å². The summed E-state index contributed by atoms with van der Waals surface area (Å²) in [6, 6.07) is 5.96. The van der Waals surface area contributed by atoms with Gasteiger partial charge >= 0.3 is 0 Å². The van der Waals surface area contributed by atoms with E-state index >= 15 is 0 Å². The van der Waals surface area contributed by atoms with E-state index < -0.39 is 6.04 Å². The molecule has 4 rings (SSSR count). The molecule has 2 atom stereocenters. The first-order valence-corrected chi connectivity index (χ1v) is 11.3. The van der Waals surface area contributed by atoms with E-state index in [4.69, 9.17) is 0 Å². The Balaban J connectivity index is 0.00000256. The molecule has 1 aromatic carbocycles. The summed E-state index contributed by atoms with van der Waals surface area (Å²) in [6.07, 6.45) is 6.13. The van der Waals surface area contributed by atoms with Gasteiger partial charge in [0.15, 0.2) is 10.9 Å². The Labute approximate surface area is 189 Å². The molecule has 2 heterocycles. The van der Waals surface area contributed by atoms with Crippen LogP contribution in [0.25, 0.3) is 6.08 Å². The Kier molecular flexibility index (Phi) is 7.79. The minimum absolute atomic E-state index is 0. The number of carbonyl (C=O) groups is 2. The lowest BCUT2D eigenvalue weighted by Gasteiger charge is -2.38. The molecule has 0 spiro atoms. The molecule has 1 saturated heterocycles. The molecule has 0 bridgehead atoms. The van der Waals surface area contributed by atoms with Gasteiger partial charge in [0.1, 0.15) is 5.82 Å². The van der Waals surface area contributed by atoms with Crippen molar-refractivity contribution in [2.75, 3.05) is 13.1 Å². The number of rotatable bonds is 6. The fraction of sp³-hybridized carbons (Fsp3) is 0.429. The van der Waals surface area contributed by atoms with Crippen molar-refractivity contribution >= 4 is 52.9 Å². The molecule has 2 aromatic rings. The molecule has 160 valence electrons. The Morgan fingerprint density at radius 2 is 2.07 bits per heavy atom. The smallest absolute Gasteiger partial charge is 0.186 e. The number of hydrogen-bond donors (Lipinski definition) is 0. The Hall–Kier alpha value is -1.61. The summed E-state index contributed by atoms with van der Waals surface area (Å²) in [6.45, 7) is 2.70. The number of aromatic nitrogens is 2. The number of thioether (sulfide) groups is 1. The van der Waals surface area contributed by atoms with Crippen molar-refractivity contribution in [1.29, 1.82) is 0 Å². The number of ketones is 1. The van der Waals surface area contributed by atoms with Crippen LogP contribution in [0.3, 0.4) is 0 Å². The molecule has 2 unspecified atom stereocenters. The lowest BCUT2D eigenvalue weighted by molar-refractivity contribution is -0.126. The van der Waals surface area contributed by atoms with Crippen LogP contribution in [-0.4, -0.2) is 42.9 Å². The number of nitrogens with zero attached hydrogens (tertiary/aromatic N) is 3. The molecule has 30 heavy (non-hydrogen) atoms. The molecule has 1 saturated carbocycles. The molecule has 2 aliphatic rings. The van der Waals surface area contributed by atoms with Gasteiger partial charge in [0.25, 0.3) is 0 Å². The van der Waals surface area contributed by atoms with Crippen LogP contribution in [0.4, 0.5) is 4.39 Å². The minimum Gasteiger partial charge on any atom is -0.297 e. The van der Waals surface area contributed by atoms with E-state index in [1.807, 2.05) is 6.08 Å². The van der Waals surface area contributed by atoms with Crippen LogP contribution >= 0.6 is 35.9 Å². The maximum atomic E-state index is 14.6. The lowest BCUT2D eigenvalue weighted by atomic mass is 9.93. The normalized spacial score (nSPS) is 21.8. The topological polar surface area (TPSA) is 63.2 Å². The molecular formula is C21H23ClFN3O2S2. The molecule has 0 N–H and O–H groups in total. The quantitative estimate of drug-likeness (QED) is 0.620. The first-order chi connectivity index (χ1) is 14.0. The van der Waals surface area contributed by atoms with Gasteiger partial charge in [-0.05, 0) is 37.0 Å². The third-order valence-electron chi connectivity index (χ3n) is 5.31. The number of piperidine rings is 1. The maximum absolute atomic E-state index is 14.6. The van der Waals surface area contributed by atoms with Crippen LogP contribution in [0.2, 0.25) is 0 Å². The number of hydrogen-bond acceptors (Lipinski definition) is 7. The summed E-state index contributed by atoms with van der Waals surface area (Å²) in [5, 5.41) is 0.0909. The average molecular weight is 468 g/mol. The molecule has 1 aliphatic carbocycles. The fourth-order valence-corrected chi connectivity index (χ4v) is 5.14. The Morgan fingerprint density at radius 1 is 1.30 bits per heavy atom. The molecule has 0 radical (unpaired) electrons. The zero-order chi connectivity index (χ0) is 20.4. The highest BCUT2D eigenvalue weighted by Gasteiger charge is 2.41. The first-order valence-electron chi connectivity index (χ1n) is 9.70. The number of likely N-dealkylation sites (tertiary alicyclic amines) is 1. The van der Waals surface area contributed by atoms with E-state index in [-0.39, 0.29) is 40.3 Å². The van der Waals surface area contributed by atoms with Crippen LogP contribution < -0.4 is 0 Å². The predicted molar refractivity (Wildman–Crippen MR) is 120 cm³/mol. The van der Waals surface area contributed by atoms with Gasteiger partial charge in [-0.1, -0.05) is 30.0 Å². The molecular weight excluding hydrogens is 445 g/mol. The SMILES string of the molecule is CC(=O)SC1CCN(C(C(=O)C2CC2)c2ccccc2F)C/C1=C/c1cnsn1.Cl. The lowest BCUT2D eigenvalue weighted by Crippen LogP contribution is -2.43. The van der Waals surface area contributed by atoms with Crippen molar-refractivity contribution in [3.63, 3.8) is 0 Å². The van der Waals surface area contributed by atoms with Crippen molar-refractivity contribution in [3.8, 4) is 0 Å². The number of carbonyl (C=O) groups excluding carboxylic acids is 2. The third kappa shape index (κ3) is 5.35. The molecule has 9 heteroatoms. The molecule has 5 nitrogen and oxygen atoms in total. The Morgan fingerprint density at radius 3 is 2.70 bits per heavy atom. The van der Waals surface area contributed by atoms with Crippen molar-refractivity contribution in [3.05, 3.63) is 53.1 Å². The third-order valence-corrected chi connectivity index (χ3v) is 6.96. The summed E-state index contributed by atoms with van der Waals surface area (Å²) in [5.41, 5.74) is 2.21. The van der Waals surface area contributed by atoms with Crippen LogP contribution in [0.1, 0.15) is 43.5 Å². The monoisotopic (exact) mass is 467 g/mol. The van der Waals surface area contributed by atoms with Crippen molar-refractivity contribution in [1.82, 2.24) is 13.6 Å².